The van der Waals surface area contributed by atoms with E-state index in [9.17, 15) is 28.2 Å². The molecule has 1 aromatic rings. The van der Waals surface area contributed by atoms with Gasteiger partial charge in [0.15, 0.2) is 0 Å². The van der Waals surface area contributed by atoms with Gasteiger partial charge in [-0.05, 0) is 44.3 Å². The average molecular weight is 600 g/mol. The van der Waals surface area contributed by atoms with Crippen LogP contribution < -0.4 is 0 Å². The summed E-state index contributed by atoms with van der Waals surface area (Å²) >= 11 is 1.50. The molecular formula is C28H45N3O7S2. The van der Waals surface area contributed by atoms with E-state index < -0.39 is 52.2 Å². The first-order valence-electron chi connectivity index (χ1n) is 13.9. The monoisotopic (exact) mass is 599 g/mol. The largest absolute Gasteiger partial charge is 0.458 e. The number of aliphatic hydroxyl groups excluding tert-OH is 2. The number of fused-ring (bicyclic) bond motifs is 1. The zero-order chi connectivity index (χ0) is 30.2. The van der Waals surface area contributed by atoms with Gasteiger partial charge in [0, 0.05) is 43.9 Å². The molecule has 0 spiro atoms. The average Bonchev–Trinajstić information content (AvgIpc) is 3.41. The summed E-state index contributed by atoms with van der Waals surface area (Å²) in [6, 6.07) is -0.649. The molecule has 0 aromatic carbocycles. The molecule has 2 N–H and O–H groups in total. The number of rotatable bonds is 4. The van der Waals surface area contributed by atoms with Gasteiger partial charge in [0.1, 0.15) is 11.9 Å². The van der Waals surface area contributed by atoms with E-state index in [2.05, 4.69) is 4.98 Å². The van der Waals surface area contributed by atoms with E-state index in [1.165, 1.54) is 34.0 Å². The van der Waals surface area contributed by atoms with Crippen LogP contribution in [0.25, 0.3) is 6.08 Å². The number of thiazole rings is 1. The summed E-state index contributed by atoms with van der Waals surface area (Å²) in [4.78, 5) is 30.9. The van der Waals surface area contributed by atoms with E-state index in [1.54, 1.807) is 20.8 Å². The van der Waals surface area contributed by atoms with Crippen molar-refractivity contribution in [1.82, 2.24) is 13.6 Å². The lowest BCUT2D eigenvalue weighted by Gasteiger charge is -2.34. The van der Waals surface area contributed by atoms with Gasteiger partial charge in [0.05, 0.1) is 34.7 Å². The maximum absolute atomic E-state index is 13.3. The number of Topliss-reactive ketones (excluding diaryl/α,β-unsaturated/α-hetero) is 1. The van der Waals surface area contributed by atoms with Gasteiger partial charge in [-0.15, -0.1) is 11.3 Å². The number of esters is 1. The zero-order valence-electron chi connectivity index (χ0n) is 24.8. The number of hydrogen-bond acceptors (Lipinski definition) is 9. The van der Waals surface area contributed by atoms with Crippen molar-refractivity contribution in [3.63, 3.8) is 0 Å². The minimum atomic E-state index is -3.71. The second kappa shape index (κ2) is 12.7. The van der Waals surface area contributed by atoms with Crippen LogP contribution in [-0.2, 0) is 24.5 Å². The summed E-state index contributed by atoms with van der Waals surface area (Å²) in [5.41, 5.74) is 0.150. The fraction of sp³-hybridized carbons (Fsp3) is 0.750. The second-order valence-corrected chi connectivity index (χ2v) is 15.3. The van der Waals surface area contributed by atoms with Crippen LogP contribution in [-0.4, -0.2) is 88.5 Å². The molecule has 12 heteroatoms. The molecule has 2 saturated heterocycles. The highest BCUT2D eigenvalue weighted by Crippen LogP contribution is 2.42. The Kier molecular flexibility index (Phi) is 10.4. The number of ketones is 1. The summed E-state index contributed by atoms with van der Waals surface area (Å²) < 4.78 is 34.8. The first kappa shape index (κ1) is 32.8. The Morgan fingerprint density at radius 2 is 1.85 bits per heavy atom. The highest BCUT2D eigenvalue weighted by Gasteiger charge is 2.56. The maximum Gasteiger partial charge on any atom is 0.309 e. The number of nitrogens with zero attached hydrogens (tertiary/aromatic N) is 3. The maximum atomic E-state index is 13.3. The van der Waals surface area contributed by atoms with Crippen LogP contribution in [0.2, 0.25) is 0 Å². The molecule has 2 aliphatic heterocycles. The molecule has 3 rings (SSSR count). The van der Waals surface area contributed by atoms with Crippen LogP contribution >= 0.6 is 11.3 Å². The lowest BCUT2D eigenvalue weighted by atomic mass is 9.73. The molecule has 8 atom stereocenters. The van der Waals surface area contributed by atoms with E-state index in [1.807, 2.05) is 32.2 Å². The van der Waals surface area contributed by atoms with Crippen molar-refractivity contribution in [2.24, 2.45) is 17.3 Å². The molecule has 40 heavy (non-hydrogen) atoms. The molecule has 1 unspecified atom stereocenters. The van der Waals surface area contributed by atoms with E-state index in [4.69, 9.17) is 4.74 Å². The lowest BCUT2D eigenvalue weighted by Crippen LogP contribution is -2.45. The van der Waals surface area contributed by atoms with E-state index in [0.29, 0.717) is 24.8 Å². The van der Waals surface area contributed by atoms with Crippen molar-refractivity contribution in [2.45, 2.75) is 104 Å². The summed E-state index contributed by atoms with van der Waals surface area (Å²) in [5.74, 6) is -1.97. The Bertz CT molecular complexity index is 1210. The van der Waals surface area contributed by atoms with Gasteiger partial charge < -0.3 is 14.9 Å². The summed E-state index contributed by atoms with van der Waals surface area (Å²) in [6.07, 6.45) is 0.519. The molecule has 0 bridgehead atoms. The topological polar surface area (TPSA) is 137 Å². The molecule has 0 saturated carbocycles. The third-order valence-corrected chi connectivity index (χ3v) is 11.3. The highest BCUT2D eigenvalue weighted by atomic mass is 32.2. The quantitative estimate of drug-likeness (QED) is 0.398. The number of aromatic nitrogens is 1. The van der Waals surface area contributed by atoms with Gasteiger partial charge in [-0.2, -0.15) is 17.0 Å². The van der Waals surface area contributed by atoms with Crippen LogP contribution in [0.1, 0.15) is 77.4 Å². The lowest BCUT2D eigenvalue weighted by molar-refractivity contribution is -0.154. The smallest absolute Gasteiger partial charge is 0.309 e. The van der Waals surface area contributed by atoms with Crippen LogP contribution in [0.5, 0.6) is 0 Å². The third kappa shape index (κ3) is 7.19. The van der Waals surface area contributed by atoms with Crippen LogP contribution in [0.3, 0.4) is 0 Å². The van der Waals surface area contributed by atoms with Crippen molar-refractivity contribution in [2.75, 3.05) is 14.1 Å². The van der Waals surface area contributed by atoms with Gasteiger partial charge in [-0.1, -0.05) is 34.1 Å². The minimum Gasteiger partial charge on any atom is -0.458 e. The molecule has 1 aromatic heterocycles. The Labute approximate surface area is 242 Å². The molecule has 226 valence electrons. The van der Waals surface area contributed by atoms with E-state index in [0.717, 1.165) is 10.7 Å². The molecule has 3 heterocycles. The van der Waals surface area contributed by atoms with Crippen LogP contribution in [0.15, 0.2) is 11.0 Å². The summed E-state index contributed by atoms with van der Waals surface area (Å²) in [7, 11) is -0.726. The minimum absolute atomic E-state index is 0.208. The molecule has 2 fully saturated rings. The first-order valence-corrected chi connectivity index (χ1v) is 16.2. The molecule has 10 nitrogen and oxygen atoms in total. The normalized spacial score (nSPS) is 34.8. The molecule has 2 aliphatic rings. The standard InChI is InChI=1S/C28H45N3O7S2/c1-16-10-9-11-21-22(31(21)40(36,37)30(7)8)13-23(17(2)12-20-15-39-19(4)29-20)38-25(33)14-24(32)28(5,6)27(35)18(3)26(16)34/h12,15-16,18,21-24,26,32,34H,9-11,13-14H2,1-8H3/t16-,18+,21+,22-,23-,24-,26-,31?/m0/s1. The number of carbonyl (C=O) groups is 2. The Morgan fingerprint density at radius 3 is 2.42 bits per heavy atom. The number of cyclic esters (lactones) is 1. The predicted molar refractivity (Wildman–Crippen MR) is 155 cm³/mol. The third-order valence-electron chi connectivity index (χ3n) is 8.48. The molecule has 0 aliphatic carbocycles. The van der Waals surface area contributed by atoms with Crippen molar-refractivity contribution >= 4 is 39.4 Å². The summed E-state index contributed by atoms with van der Waals surface area (Å²) in [5, 5.41) is 24.7. The number of aryl methyl sites for hydroxylation is 1. The zero-order valence-corrected chi connectivity index (χ0v) is 26.5. The molecule has 0 radical (unpaired) electrons. The van der Waals surface area contributed by atoms with Gasteiger partial charge in [-0.25, -0.2) is 4.98 Å². The van der Waals surface area contributed by atoms with Crippen LogP contribution in [0, 0.1) is 24.2 Å². The highest BCUT2D eigenvalue weighted by molar-refractivity contribution is 7.87. The first-order chi connectivity index (χ1) is 18.5. The number of ether oxygens (including phenoxy) is 1. The number of hydrogen-bond donors (Lipinski definition) is 2. The Balaban J connectivity index is 1.97. The summed E-state index contributed by atoms with van der Waals surface area (Å²) in [6.45, 7) is 10.4. The van der Waals surface area contributed by atoms with E-state index >= 15 is 0 Å². The fourth-order valence-corrected chi connectivity index (χ4v) is 7.63. The van der Waals surface area contributed by atoms with Gasteiger partial charge in [0.2, 0.25) is 0 Å². The Hall–Kier alpha value is -1.70. The van der Waals surface area contributed by atoms with Crippen molar-refractivity contribution in [3.05, 3.63) is 21.7 Å². The fourth-order valence-electron chi connectivity index (χ4n) is 5.58. The SMILES string of the molecule is CC(=Cc1csc(C)n1)[C@@H]1C[C@H]2[C@@H](CCC[C@H](C)[C@H](O)[C@@H](C)C(=O)C(C)(C)[C@@H](O)CC(=O)O1)N2S(=O)(=O)N(C)C. The number of carbonyl (C=O) groups excluding carboxylic acids is 2. The van der Waals surface area contributed by atoms with Crippen molar-refractivity contribution in [1.29, 1.82) is 0 Å². The number of aliphatic hydroxyl groups is 2. The van der Waals surface area contributed by atoms with Crippen molar-refractivity contribution in [3.8, 4) is 0 Å². The Morgan fingerprint density at radius 1 is 1.20 bits per heavy atom. The van der Waals surface area contributed by atoms with Crippen LogP contribution in [0.4, 0.5) is 0 Å². The van der Waals surface area contributed by atoms with Gasteiger partial charge >= 0.3 is 5.97 Å². The molecular weight excluding hydrogens is 554 g/mol. The molecule has 0 amide bonds. The van der Waals surface area contributed by atoms with E-state index in [-0.39, 0.29) is 30.2 Å². The van der Waals surface area contributed by atoms with Gasteiger partial charge in [0.25, 0.3) is 10.2 Å². The predicted octanol–water partition coefficient (Wildman–Crippen LogP) is 3.18. The van der Waals surface area contributed by atoms with Crippen molar-refractivity contribution < 1.29 is 33.0 Å². The van der Waals surface area contributed by atoms with Gasteiger partial charge in [-0.3, -0.25) is 9.59 Å². The second-order valence-electron chi connectivity index (χ2n) is 12.1.